The Hall–Kier alpha value is -0.750. The van der Waals surface area contributed by atoms with E-state index in [4.69, 9.17) is 4.74 Å². The van der Waals surface area contributed by atoms with Crippen LogP contribution >= 0.6 is 0 Å². The van der Waals surface area contributed by atoms with E-state index in [0.29, 0.717) is 19.8 Å². The first-order valence-electron chi connectivity index (χ1n) is 4.56. The number of amides is 1. The quantitative estimate of drug-likeness (QED) is 0.689. The molecule has 1 aliphatic rings. The Labute approximate surface area is 81.2 Å². The summed E-state index contributed by atoms with van der Waals surface area (Å²) in [7, 11) is 0. The molecule has 1 heterocycles. The number of morpholine rings is 1. The van der Waals surface area contributed by atoms with Crippen LogP contribution in [0.5, 0.6) is 0 Å². The van der Waals surface area contributed by atoms with Gasteiger partial charge in [-0.25, -0.2) is 0 Å². The average molecular weight is 208 g/mol. The van der Waals surface area contributed by atoms with E-state index < -0.39 is 12.3 Å². The first-order chi connectivity index (χ1) is 6.70. The number of alkyl halides is 2. The lowest BCUT2D eigenvalue weighted by Gasteiger charge is -2.26. The van der Waals surface area contributed by atoms with E-state index in [1.165, 1.54) is 0 Å². The maximum atomic E-state index is 11.7. The summed E-state index contributed by atoms with van der Waals surface area (Å²) >= 11 is 0. The second kappa shape index (κ2) is 5.87. The van der Waals surface area contributed by atoms with Crippen LogP contribution in [0.2, 0.25) is 0 Å². The van der Waals surface area contributed by atoms with Crippen molar-refractivity contribution in [1.29, 1.82) is 0 Å². The molecule has 0 aromatic heterocycles. The Morgan fingerprint density at radius 3 is 2.64 bits per heavy atom. The summed E-state index contributed by atoms with van der Waals surface area (Å²) in [5.74, 6) is -1.20. The smallest absolute Gasteiger partial charge is 0.315 e. The Morgan fingerprint density at radius 1 is 1.43 bits per heavy atom. The molecule has 1 rings (SSSR count). The predicted octanol–water partition coefficient (Wildman–Crippen LogP) is -0.300. The fraction of sp³-hybridized carbons (Fsp3) is 0.875. The fourth-order valence-corrected chi connectivity index (χ4v) is 1.24. The van der Waals surface area contributed by atoms with E-state index in [2.05, 4.69) is 10.2 Å². The third-order valence-corrected chi connectivity index (χ3v) is 2.03. The number of carbonyl (C=O) groups is 1. The second-order valence-corrected chi connectivity index (χ2v) is 3.05. The molecule has 0 unspecified atom stereocenters. The minimum atomic E-state index is -2.92. The molecular weight excluding hydrogens is 194 g/mol. The number of rotatable bonds is 4. The van der Waals surface area contributed by atoms with Gasteiger partial charge in [-0.2, -0.15) is 8.78 Å². The minimum absolute atomic E-state index is 0.267. The highest BCUT2D eigenvalue weighted by atomic mass is 19.3. The van der Waals surface area contributed by atoms with Crippen LogP contribution in [0.15, 0.2) is 0 Å². The summed E-state index contributed by atoms with van der Waals surface area (Å²) in [5, 5.41) is 2.16. The molecule has 1 N–H and O–H groups in total. The highest BCUT2D eigenvalue weighted by Crippen LogP contribution is 1.95. The number of nitrogens with one attached hydrogen (secondary N) is 1. The first kappa shape index (κ1) is 11.3. The molecule has 1 fully saturated rings. The predicted molar refractivity (Wildman–Crippen MR) is 46.3 cm³/mol. The van der Waals surface area contributed by atoms with Crippen molar-refractivity contribution in [2.24, 2.45) is 0 Å². The third kappa shape index (κ3) is 3.97. The van der Waals surface area contributed by atoms with Crippen molar-refractivity contribution < 1.29 is 18.3 Å². The Morgan fingerprint density at radius 2 is 2.07 bits per heavy atom. The van der Waals surface area contributed by atoms with Crippen LogP contribution in [0.25, 0.3) is 0 Å². The summed E-state index contributed by atoms with van der Waals surface area (Å²) in [6.07, 6.45) is -2.92. The first-order valence-corrected chi connectivity index (χ1v) is 4.56. The zero-order valence-electron chi connectivity index (χ0n) is 7.84. The van der Waals surface area contributed by atoms with E-state index in [1.807, 2.05) is 0 Å². The van der Waals surface area contributed by atoms with Crippen molar-refractivity contribution in [3.8, 4) is 0 Å². The van der Waals surface area contributed by atoms with Gasteiger partial charge in [-0.3, -0.25) is 9.69 Å². The second-order valence-electron chi connectivity index (χ2n) is 3.05. The average Bonchev–Trinajstić information content (AvgIpc) is 2.19. The summed E-state index contributed by atoms with van der Waals surface area (Å²) in [5.41, 5.74) is 0. The topological polar surface area (TPSA) is 41.6 Å². The van der Waals surface area contributed by atoms with Crippen molar-refractivity contribution in [3.05, 3.63) is 0 Å². The molecule has 1 saturated heterocycles. The zero-order chi connectivity index (χ0) is 10.4. The Balaban J connectivity index is 2.05. The van der Waals surface area contributed by atoms with Gasteiger partial charge in [0.1, 0.15) is 0 Å². The fourth-order valence-electron chi connectivity index (χ4n) is 1.24. The normalized spacial score (nSPS) is 18.5. The Bertz CT molecular complexity index is 184. The largest absolute Gasteiger partial charge is 0.379 e. The molecule has 14 heavy (non-hydrogen) atoms. The van der Waals surface area contributed by atoms with Crippen molar-refractivity contribution in [2.75, 3.05) is 39.4 Å². The molecule has 82 valence electrons. The highest BCUT2D eigenvalue weighted by Gasteiger charge is 2.15. The van der Waals surface area contributed by atoms with Crippen LogP contribution in [0.1, 0.15) is 0 Å². The van der Waals surface area contributed by atoms with Gasteiger partial charge in [-0.15, -0.1) is 0 Å². The number of hydrogen-bond acceptors (Lipinski definition) is 3. The lowest BCUT2D eigenvalue weighted by molar-refractivity contribution is -0.131. The molecule has 0 aromatic carbocycles. The summed E-state index contributed by atoms with van der Waals surface area (Å²) in [6.45, 7) is 3.80. The molecule has 0 atom stereocenters. The number of ether oxygens (including phenoxy) is 1. The van der Waals surface area contributed by atoms with Gasteiger partial charge in [0.2, 0.25) is 0 Å². The van der Waals surface area contributed by atoms with Crippen LogP contribution in [0.4, 0.5) is 8.78 Å². The number of carbonyl (C=O) groups excluding carboxylic acids is 1. The molecule has 0 radical (unpaired) electrons. The number of nitrogens with zero attached hydrogens (tertiary/aromatic N) is 1. The van der Waals surface area contributed by atoms with Crippen molar-refractivity contribution >= 4 is 5.91 Å². The summed E-state index contributed by atoms with van der Waals surface area (Å²) in [6, 6.07) is 0. The molecule has 4 nitrogen and oxygen atoms in total. The van der Waals surface area contributed by atoms with Gasteiger partial charge in [-0.05, 0) is 0 Å². The van der Waals surface area contributed by atoms with Gasteiger partial charge in [0.25, 0.3) is 5.91 Å². The van der Waals surface area contributed by atoms with Crippen molar-refractivity contribution in [3.63, 3.8) is 0 Å². The lowest BCUT2D eigenvalue weighted by Crippen LogP contribution is -2.42. The van der Waals surface area contributed by atoms with Crippen LogP contribution in [-0.2, 0) is 9.53 Å². The zero-order valence-corrected chi connectivity index (χ0v) is 7.84. The highest BCUT2D eigenvalue weighted by molar-refractivity contribution is 5.78. The number of hydrogen-bond donors (Lipinski definition) is 1. The summed E-state index contributed by atoms with van der Waals surface area (Å²) < 4.78 is 28.6. The molecule has 0 aromatic rings. The molecule has 0 saturated carbocycles. The van der Waals surface area contributed by atoms with Crippen LogP contribution in [-0.4, -0.2) is 56.6 Å². The molecule has 1 amide bonds. The maximum Gasteiger partial charge on any atom is 0.315 e. The van der Waals surface area contributed by atoms with Gasteiger partial charge < -0.3 is 10.1 Å². The van der Waals surface area contributed by atoms with Crippen LogP contribution < -0.4 is 5.32 Å². The van der Waals surface area contributed by atoms with Gasteiger partial charge in [0, 0.05) is 26.2 Å². The SMILES string of the molecule is O=C(NCCN1CCOCC1)C(F)F. The van der Waals surface area contributed by atoms with Crippen LogP contribution in [0, 0.1) is 0 Å². The summed E-state index contributed by atoms with van der Waals surface area (Å²) in [4.78, 5) is 12.5. The molecule has 6 heteroatoms. The van der Waals surface area contributed by atoms with Gasteiger partial charge in [0.05, 0.1) is 13.2 Å². The monoisotopic (exact) mass is 208 g/mol. The standard InChI is InChI=1S/C8H14F2N2O2/c9-7(10)8(13)11-1-2-12-3-5-14-6-4-12/h7H,1-6H2,(H,11,13). The Kier molecular flexibility index (Phi) is 4.75. The third-order valence-electron chi connectivity index (χ3n) is 2.03. The molecule has 0 aliphatic carbocycles. The molecular formula is C8H14F2N2O2. The van der Waals surface area contributed by atoms with Gasteiger partial charge >= 0.3 is 6.43 Å². The lowest BCUT2D eigenvalue weighted by atomic mass is 10.4. The van der Waals surface area contributed by atoms with E-state index in [9.17, 15) is 13.6 Å². The van der Waals surface area contributed by atoms with E-state index >= 15 is 0 Å². The van der Waals surface area contributed by atoms with E-state index in [-0.39, 0.29) is 6.54 Å². The van der Waals surface area contributed by atoms with Crippen molar-refractivity contribution in [2.45, 2.75) is 6.43 Å². The van der Waals surface area contributed by atoms with Gasteiger partial charge in [0.15, 0.2) is 0 Å². The minimum Gasteiger partial charge on any atom is -0.379 e. The molecule has 1 aliphatic heterocycles. The molecule has 0 spiro atoms. The number of halogens is 2. The van der Waals surface area contributed by atoms with Crippen molar-refractivity contribution in [1.82, 2.24) is 10.2 Å². The molecule has 0 bridgehead atoms. The van der Waals surface area contributed by atoms with Gasteiger partial charge in [-0.1, -0.05) is 0 Å². The van der Waals surface area contributed by atoms with E-state index in [0.717, 1.165) is 13.1 Å². The maximum absolute atomic E-state index is 11.7. The van der Waals surface area contributed by atoms with E-state index in [1.54, 1.807) is 0 Å². The van der Waals surface area contributed by atoms with Crippen LogP contribution in [0.3, 0.4) is 0 Å².